The van der Waals surface area contributed by atoms with Crippen molar-refractivity contribution in [1.82, 2.24) is 20.0 Å². The lowest BCUT2D eigenvalue weighted by atomic mass is 9.94. The number of nitrogens with one attached hydrogen (secondary N) is 1. The molecular weight excluding hydrogens is 475 g/mol. The second kappa shape index (κ2) is 11.6. The number of carbonyl (C=O) groups is 3. The number of rotatable bonds is 7. The van der Waals surface area contributed by atoms with E-state index in [2.05, 4.69) is 10.2 Å². The normalized spacial score (nSPS) is 20.6. The Balaban J connectivity index is 1.61. The van der Waals surface area contributed by atoms with Crippen LogP contribution in [0.4, 0.5) is 9.18 Å². The average Bonchev–Trinajstić information content (AvgIpc) is 2.89. The molecule has 0 spiro atoms. The number of piperazine rings is 1. The third kappa shape index (κ3) is 5.67. The summed E-state index contributed by atoms with van der Waals surface area (Å²) in [5, 5.41) is 2.97. The summed E-state index contributed by atoms with van der Waals surface area (Å²) in [7, 11) is 0. The minimum atomic E-state index is -0.621. The van der Waals surface area contributed by atoms with Gasteiger partial charge in [0.2, 0.25) is 0 Å². The van der Waals surface area contributed by atoms with Crippen molar-refractivity contribution in [1.29, 1.82) is 0 Å². The Kier molecular flexibility index (Phi) is 8.23. The zero-order chi connectivity index (χ0) is 26.5. The van der Waals surface area contributed by atoms with E-state index < -0.39 is 12.0 Å². The monoisotopic (exact) mass is 508 g/mol. The molecule has 1 fully saturated rings. The number of urea groups is 1. The van der Waals surface area contributed by atoms with Crippen LogP contribution in [-0.2, 0) is 9.53 Å². The summed E-state index contributed by atoms with van der Waals surface area (Å²) in [6, 6.07) is 13.9. The first kappa shape index (κ1) is 26.3. The summed E-state index contributed by atoms with van der Waals surface area (Å²) in [6.07, 6.45) is 0. The van der Waals surface area contributed by atoms with Crippen LogP contribution >= 0.6 is 0 Å². The van der Waals surface area contributed by atoms with Gasteiger partial charge in [0.25, 0.3) is 5.91 Å². The number of amides is 3. The van der Waals surface area contributed by atoms with Crippen LogP contribution < -0.4 is 5.32 Å². The van der Waals surface area contributed by atoms with Gasteiger partial charge in [-0.25, -0.2) is 14.0 Å². The number of likely N-dealkylation sites (N-methyl/N-ethyl adjacent to an activating group) is 1. The highest BCUT2D eigenvalue weighted by molar-refractivity contribution is 5.95. The molecule has 0 aliphatic carbocycles. The van der Waals surface area contributed by atoms with Crippen LogP contribution in [-0.4, -0.2) is 78.0 Å². The molecule has 2 aromatic carbocycles. The summed E-state index contributed by atoms with van der Waals surface area (Å²) in [5.41, 5.74) is 2.28. The molecule has 2 unspecified atom stereocenters. The van der Waals surface area contributed by atoms with Crippen LogP contribution in [0.5, 0.6) is 0 Å². The molecule has 1 N–H and O–H groups in total. The van der Waals surface area contributed by atoms with Crippen molar-refractivity contribution < 1.29 is 23.5 Å². The number of nitrogens with zero attached hydrogens (tertiary/aromatic N) is 3. The molecule has 9 heteroatoms. The first-order valence-corrected chi connectivity index (χ1v) is 12.7. The lowest BCUT2D eigenvalue weighted by Crippen LogP contribution is -2.56. The van der Waals surface area contributed by atoms with Crippen molar-refractivity contribution in [2.75, 3.05) is 39.3 Å². The lowest BCUT2D eigenvalue weighted by molar-refractivity contribution is -0.139. The third-order valence-electron chi connectivity index (χ3n) is 6.82. The topological polar surface area (TPSA) is 82.2 Å². The zero-order valence-corrected chi connectivity index (χ0v) is 21.4. The Labute approximate surface area is 216 Å². The fourth-order valence-corrected chi connectivity index (χ4v) is 5.00. The zero-order valence-electron chi connectivity index (χ0n) is 21.4. The van der Waals surface area contributed by atoms with Crippen LogP contribution in [0.1, 0.15) is 42.7 Å². The molecule has 2 aliphatic rings. The van der Waals surface area contributed by atoms with Gasteiger partial charge in [-0.1, -0.05) is 30.3 Å². The largest absolute Gasteiger partial charge is 0.463 e. The van der Waals surface area contributed by atoms with E-state index in [1.807, 2.05) is 44.2 Å². The highest BCUT2D eigenvalue weighted by Crippen LogP contribution is 2.32. The fraction of sp³-hybridized carbons (Fsp3) is 0.393. The highest BCUT2D eigenvalue weighted by Gasteiger charge is 2.39. The third-order valence-corrected chi connectivity index (χ3v) is 6.82. The molecule has 1 saturated heterocycles. The molecule has 8 nitrogen and oxygen atoms in total. The van der Waals surface area contributed by atoms with E-state index in [1.54, 1.807) is 16.7 Å². The van der Waals surface area contributed by atoms with Crippen molar-refractivity contribution in [3.05, 3.63) is 82.8 Å². The Morgan fingerprint density at radius 2 is 1.76 bits per heavy atom. The molecule has 0 radical (unpaired) electrons. The van der Waals surface area contributed by atoms with Crippen molar-refractivity contribution in [3.63, 3.8) is 0 Å². The molecule has 4 rings (SSSR count). The fourth-order valence-electron chi connectivity index (χ4n) is 5.00. The second-order valence-electron chi connectivity index (χ2n) is 9.21. The number of halogens is 1. The van der Waals surface area contributed by atoms with Gasteiger partial charge in [-0.15, -0.1) is 0 Å². The standard InChI is InChI=1S/C28H33FN4O4/c1-4-32-23(24(27(35)37-5-2)25(30-28(32)36)20-9-7-6-8-10-20)18-31-15-16-33(19(3)17-31)26(34)21-11-13-22(29)14-12-21/h6-14,19,25H,4-5,15-18H2,1-3H3,(H,30,36). The maximum atomic E-state index is 13.3. The van der Waals surface area contributed by atoms with Crippen LogP contribution in [0.3, 0.4) is 0 Å². The van der Waals surface area contributed by atoms with E-state index in [1.165, 1.54) is 24.3 Å². The molecular formula is C28H33FN4O4. The molecule has 0 saturated carbocycles. The Morgan fingerprint density at radius 3 is 2.38 bits per heavy atom. The number of hydrogen-bond donors (Lipinski definition) is 1. The first-order chi connectivity index (χ1) is 17.8. The van der Waals surface area contributed by atoms with E-state index in [0.29, 0.717) is 49.6 Å². The minimum Gasteiger partial charge on any atom is -0.463 e. The van der Waals surface area contributed by atoms with Crippen LogP contribution in [0.15, 0.2) is 65.9 Å². The quantitative estimate of drug-likeness (QED) is 0.579. The molecule has 2 aromatic rings. The van der Waals surface area contributed by atoms with E-state index in [9.17, 15) is 18.8 Å². The van der Waals surface area contributed by atoms with E-state index in [-0.39, 0.29) is 30.4 Å². The number of carbonyl (C=O) groups excluding carboxylic acids is 3. The number of esters is 1. The van der Waals surface area contributed by atoms with Crippen molar-refractivity contribution in [2.24, 2.45) is 0 Å². The van der Waals surface area contributed by atoms with Crippen LogP contribution in [0, 0.1) is 5.82 Å². The summed E-state index contributed by atoms with van der Waals surface area (Å²) in [6.45, 7) is 8.16. The maximum absolute atomic E-state index is 13.3. The summed E-state index contributed by atoms with van der Waals surface area (Å²) in [5.74, 6) is -0.983. The number of ether oxygens (including phenoxy) is 1. The molecule has 196 valence electrons. The summed E-state index contributed by atoms with van der Waals surface area (Å²) >= 11 is 0. The summed E-state index contributed by atoms with van der Waals surface area (Å²) in [4.78, 5) is 44.9. The smallest absolute Gasteiger partial charge is 0.338 e. The Hall–Kier alpha value is -3.72. The van der Waals surface area contributed by atoms with Gasteiger partial charge in [0.15, 0.2) is 0 Å². The second-order valence-corrected chi connectivity index (χ2v) is 9.21. The van der Waals surface area contributed by atoms with Crippen LogP contribution in [0.2, 0.25) is 0 Å². The Bertz CT molecular complexity index is 1170. The molecule has 2 atom stereocenters. The molecule has 0 bridgehead atoms. The first-order valence-electron chi connectivity index (χ1n) is 12.7. The average molecular weight is 509 g/mol. The van der Waals surface area contributed by atoms with Crippen molar-refractivity contribution in [2.45, 2.75) is 32.9 Å². The van der Waals surface area contributed by atoms with Gasteiger partial charge in [-0.05, 0) is 50.6 Å². The number of hydrogen-bond acceptors (Lipinski definition) is 5. The van der Waals surface area contributed by atoms with Gasteiger partial charge in [-0.2, -0.15) is 0 Å². The minimum absolute atomic E-state index is 0.115. The lowest BCUT2D eigenvalue weighted by Gasteiger charge is -2.43. The molecule has 3 amide bonds. The van der Waals surface area contributed by atoms with Crippen LogP contribution in [0.25, 0.3) is 0 Å². The molecule has 2 aliphatic heterocycles. The van der Waals surface area contributed by atoms with E-state index in [4.69, 9.17) is 4.74 Å². The Morgan fingerprint density at radius 1 is 1.05 bits per heavy atom. The van der Waals surface area contributed by atoms with E-state index in [0.717, 1.165) is 5.56 Å². The van der Waals surface area contributed by atoms with E-state index >= 15 is 0 Å². The van der Waals surface area contributed by atoms with Crippen molar-refractivity contribution >= 4 is 17.9 Å². The molecule has 0 aromatic heterocycles. The maximum Gasteiger partial charge on any atom is 0.338 e. The summed E-state index contributed by atoms with van der Waals surface area (Å²) < 4.78 is 18.7. The predicted octanol–water partition coefficient (Wildman–Crippen LogP) is 3.58. The van der Waals surface area contributed by atoms with Gasteiger partial charge in [-0.3, -0.25) is 14.6 Å². The van der Waals surface area contributed by atoms with Gasteiger partial charge in [0.05, 0.1) is 18.2 Å². The van der Waals surface area contributed by atoms with Gasteiger partial charge in [0, 0.05) is 50.0 Å². The molecule has 2 heterocycles. The van der Waals surface area contributed by atoms with Gasteiger partial charge >= 0.3 is 12.0 Å². The predicted molar refractivity (Wildman–Crippen MR) is 137 cm³/mol. The SMILES string of the molecule is CCOC(=O)C1=C(CN2CCN(C(=O)c3ccc(F)cc3)C(C)C2)N(CC)C(=O)NC1c1ccccc1. The van der Waals surface area contributed by atoms with Gasteiger partial charge < -0.3 is 15.0 Å². The highest BCUT2D eigenvalue weighted by atomic mass is 19.1. The number of benzene rings is 2. The van der Waals surface area contributed by atoms with Crippen molar-refractivity contribution in [3.8, 4) is 0 Å². The van der Waals surface area contributed by atoms with Gasteiger partial charge in [0.1, 0.15) is 5.82 Å². The molecule has 37 heavy (non-hydrogen) atoms.